The van der Waals surface area contributed by atoms with E-state index in [9.17, 15) is 0 Å². The zero-order valence-electron chi connectivity index (χ0n) is 12.6. The molecule has 0 aliphatic heterocycles. The summed E-state index contributed by atoms with van der Waals surface area (Å²) in [5, 5.41) is 4.70. The fourth-order valence-corrected chi connectivity index (χ4v) is 2.89. The van der Waals surface area contributed by atoms with Crippen LogP contribution in [0.2, 0.25) is 0 Å². The molecule has 0 saturated carbocycles. The van der Waals surface area contributed by atoms with Crippen molar-refractivity contribution in [3.8, 4) is 0 Å². The van der Waals surface area contributed by atoms with Gasteiger partial charge in [0.2, 0.25) is 0 Å². The first-order chi connectivity index (χ1) is 10.2. The maximum atomic E-state index is 5.91. The second-order valence-corrected chi connectivity index (χ2v) is 6.37. The van der Waals surface area contributed by atoms with Crippen molar-refractivity contribution in [2.24, 2.45) is 5.73 Å². The molecule has 3 N–H and O–H groups in total. The molecule has 21 heavy (non-hydrogen) atoms. The van der Waals surface area contributed by atoms with Gasteiger partial charge in [0.25, 0.3) is 0 Å². The number of nitrogens with zero attached hydrogens (tertiary/aromatic N) is 1. The third-order valence-corrected chi connectivity index (χ3v) is 4.16. The Labute approximate surface area is 135 Å². The number of benzene rings is 1. The lowest BCUT2D eigenvalue weighted by Crippen LogP contribution is -2.28. The predicted molar refractivity (Wildman–Crippen MR) is 94.7 cm³/mol. The minimum Gasteiger partial charge on any atom is -0.379 e. The lowest BCUT2D eigenvalue weighted by atomic mass is 10.1. The number of para-hydroxylation sites is 1. The van der Waals surface area contributed by atoms with Crippen LogP contribution in [-0.2, 0) is 0 Å². The molecule has 0 spiro atoms. The number of anilines is 1. The molecule has 0 saturated heterocycles. The Morgan fingerprint density at radius 2 is 2.14 bits per heavy atom. The summed E-state index contributed by atoms with van der Waals surface area (Å²) in [5.41, 5.74) is 8.00. The average molecular weight is 350 g/mol. The standard InChI is InChI=1S/C17H24BrN3/c1-2-3-4-5-8-15(11-19)21-16-9-6-7-13-10-14(18)12-20-17(13)16/h6-7,9-10,12,15,21H,2-5,8,11,19H2,1H3. The summed E-state index contributed by atoms with van der Waals surface area (Å²) in [6.45, 7) is 2.89. The Morgan fingerprint density at radius 1 is 1.29 bits per heavy atom. The van der Waals surface area contributed by atoms with Crippen molar-refractivity contribution in [2.75, 3.05) is 11.9 Å². The highest BCUT2D eigenvalue weighted by Crippen LogP contribution is 2.25. The van der Waals surface area contributed by atoms with Gasteiger partial charge < -0.3 is 11.1 Å². The number of nitrogens with two attached hydrogens (primary N) is 1. The van der Waals surface area contributed by atoms with E-state index in [0.717, 1.165) is 27.5 Å². The van der Waals surface area contributed by atoms with Gasteiger partial charge in [-0.1, -0.05) is 44.7 Å². The summed E-state index contributed by atoms with van der Waals surface area (Å²) in [4.78, 5) is 4.53. The van der Waals surface area contributed by atoms with Crippen molar-refractivity contribution >= 4 is 32.5 Å². The third-order valence-electron chi connectivity index (χ3n) is 3.73. The second kappa shape index (κ2) is 8.35. The van der Waals surface area contributed by atoms with E-state index in [-0.39, 0.29) is 0 Å². The van der Waals surface area contributed by atoms with Gasteiger partial charge in [0.15, 0.2) is 0 Å². The number of halogens is 1. The smallest absolute Gasteiger partial charge is 0.0934 e. The molecule has 0 aliphatic carbocycles. The Hall–Kier alpha value is -1.13. The fourth-order valence-electron chi connectivity index (χ4n) is 2.54. The number of aromatic nitrogens is 1. The number of pyridine rings is 1. The quantitative estimate of drug-likeness (QED) is 0.678. The molecular weight excluding hydrogens is 326 g/mol. The normalized spacial score (nSPS) is 12.5. The molecular formula is C17H24BrN3. The number of hydrogen-bond donors (Lipinski definition) is 2. The van der Waals surface area contributed by atoms with Crippen LogP contribution in [0.1, 0.15) is 39.0 Å². The van der Waals surface area contributed by atoms with Crippen LogP contribution >= 0.6 is 15.9 Å². The maximum Gasteiger partial charge on any atom is 0.0934 e. The van der Waals surface area contributed by atoms with E-state index in [1.54, 1.807) is 0 Å². The summed E-state index contributed by atoms with van der Waals surface area (Å²) in [6.07, 6.45) is 8.04. The summed E-state index contributed by atoms with van der Waals surface area (Å²) < 4.78 is 1.00. The molecule has 0 bridgehead atoms. The van der Waals surface area contributed by atoms with Gasteiger partial charge in [0.05, 0.1) is 11.2 Å². The van der Waals surface area contributed by atoms with Crippen molar-refractivity contribution < 1.29 is 0 Å². The topological polar surface area (TPSA) is 50.9 Å². The van der Waals surface area contributed by atoms with Gasteiger partial charge >= 0.3 is 0 Å². The lowest BCUT2D eigenvalue weighted by molar-refractivity contribution is 0.576. The Balaban J connectivity index is 2.06. The average Bonchev–Trinajstić information content (AvgIpc) is 2.50. The molecule has 1 aromatic carbocycles. The molecule has 0 fully saturated rings. The van der Waals surface area contributed by atoms with Crippen LogP contribution in [0, 0.1) is 0 Å². The molecule has 1 heterocycles. The molecule has 1 aromatic heterocycles. The maximum absolute atomic E-state index is 5.91. The first-order valence-corrected chi connectivity index (χ1v) is 8.54. The highest BCUT2D eigenvalue weighted by molar-refractivity contribution is 9.10. The molecule has 0 aliphatic rings. The van der Waals surface area contributed by atoms with Crippen molar-refractivity contribution in [1.29, 1.82) is 0 Å². The van der Waals surface area contributed by atoms with Gasteiger partial charge in [0, 0.05) is 28.6 Å². The molecule has 1 unspecified atom stereocenters. The molecule has 114 valence electrons. The Bertz CT molecular complexity index is 571. The van der Waals surface area contributed by atoms with E-state index >= 15 is 0 Å². The van der Waals surface area contributed by atoms with Crippen LogP contribution in [-0.4, -0.2) is 17.6 Å². The van der Waals surface area contributed by atoms with Gasteiger partial charge in [-0.05, 0) is 34.5 Å². The number of unbranched alkanes of at least 4 members (excludes halogenated alkanes) is 3. The predicted octanol–water partition coefficient (Wildman–Crippen LogP) is 4.71. The van der Waals surface area contributed by atoms with E-state index in [1.807, 2.05) is 6.20 Å². The van der Waals surface area contributed by atoms with Crippen LogP contribution in [0.4, 0.5) is 5.69 Å². The second-order valence-electron chi connectivity index (χ2n) is 5.46. The van der Waals surface area contributed by atoms with E-state index in [1.165, 1.54) is 25.7 Å². The van der Waals surface area contributed by atoms with Gasteiger partial charge in [0.1, 0.15) is 0 Å². The molecule has 4 heteroatoms. The summed E-state index contributed by atoms with van der Waals surface area (Å²) in [6, 6.07) is 8.63. The van der Waals surface area contributed by atoms with Crippen LogP contribution < -0.4 is 11.1 Å². The van der Waals surface area contributed by atoms with E-state index in [0.29, 0.717) is 12.6 Å². The number of hydrogen-bond acceptors (Lipinski definition) is 3. The molecule has 3 nitrogen and oxygen atoms in total. The van der Waals surface area contributed by atoms with Gasteiger partial charge in [-0.2, -0.15) is 0 Å². The fraction of sp³-hybridized carbons (Fsp3) is 0.471. The van der Waals surface area contributed by atoms with E-state index < -0.39 is 0 Å². The van der Waals surface area contributed by atoms with Crippen molar-refractivity contribution in [3.05, 3.63) is 34.9 Å². The summed E-state index contributed by atoms with van der Waals surface area (Å²) >= 11 is 3.47. The van der Waals surface area contributed by atoms with Crippen molar-refractivity contribution in [3.63, 3.8) is 0 Å². The minimum absolute atomic E-state index is 0.318. The van der Waals surface area contributed by atoms with Gasteiger partial charge in [-0.15, -0.1) is 0 Å². The molecule has 1 atom stereocenters. The van der Waals surface area contributed by atoms with E-state index in [4.69, 9.17) is 5.73 Å². The van der Waals surface area contributed by atoms with Gasteiger partial charge in [-0.25, -0.2) is 0 Å². The highest BCUT2D eigenvalue weighted by atomic mass is 79.9. The van der Waals surface area contributed by atoms with Crippen LogP contribution in [0.5, 0.6) is 0 Å². The third kappa shape index (κ3) is 4.68. The van der Waals surface area contributed by atoms with Gasteiger partial charge in [-0.3, -0.25) is 4.98 Å². The van der Waals surface area contributed by atoms with Crippen molar-refractivity contribution in [1.82, 2.24) is 4.98 Å². The molecule has 0 amide bonds. The number of nitrogens with one attached hydrogen (secondary N) is 1. The summed E-state index contributed by atoms with van der Waals surface area (Å²) in [5.74, 6) is 0. The van der Waals surface area contributed by atoms with E-state index in [2.05, 4.69) is 57.4 Å². The molecule has 0 radical (unpaired) electrons. The van der Waals surface area contributed by atoms with Crippen molar-refractivity contribution in [2.45, 2.75) is 45.1 Å². The molecule has 2 rings (SSSR count). The highest BCUT2D eigenvalue weighted by Gasteiger charge is 2.09. The lowest BCUT2D eigenvalue weighted by Gasteiger charge is -2.19. The van der Waals surface area contributed by atoms with Crippen LogP contribution in [0.3, 0.4) is 0 Å². The monoisotopic (exact) mass is 349 g/mol. The van der Waals surface area contributed by atoms with Crippen LogP contribution in [0.25, 0.3) is 10.9 Å². The SMILES string of the molecule is CCCCCCC(CN)Nc1cccc2cc(Br)cnc12. The summed E-state index contributed by atoms with van der Waals surface area (Å²) in [7, 11) is 0. The molecule has 2 aromatic rings. The first kappa shape index (κ1) is 16.2. The number of rotatable bonds is 8. The van der Waals surface area contributed by atoms with Crippen LogP contribution in [0.15, 0.2) is 34.9 Å². The zero-order valence-corrected chi connectivity index (χ0v) is 14.2. The Morgan fingerprint density at radius 3 is 2.90 bits per heavy atom. The Kier molecular flexibility index (Phi) is 6.46. The minimum atomic E-state index is 0.318. The first-order valence-electron chi connectivity index (χ1n) is 7.75. The number of fused-ring (bicyclic) bond motifs is 1. The zero-order chi connectivity index (χ0) is 15.1. The largest absolute Gasteiger partial charge is 0.379 e.